The number of hydrogen-bond donors (Lipinski definition) is 2. The highest BCUT2D eigenvalue weighted by molar-refractivity contribution is 9.10. The first kappa shape index (κ1) is 18.6. The van der Waals surface area contributed by atoms with E-state index < -0.39 is 33.3 Å². The molecule has 0 fully saturated rings. The van der Waals surface area contributed by atoms with Crippen molar-refractivity contribution in [2.75, 3.05) is 4.72 Å². The van der Waals surface area contributed by atoms with Crippen LogP contribution >= 0.6 is 15.9 Å². The number of halogens is 3. The summed E-state index contributed by atoms with van der Waals surface area (Å²) in [7, 11) is -4.35. The molecule has 0 aliphatic carbocycles. The quantitative estimate of drug-likeness (QED) is 0.624. The summed E-state index contributed by atoms with van der Waals surface area (Å²) in [4.78, 5) is 0. The summed E-state index contributed by atoms with van der Waals surface area (Å²) in [5.74, 6) is -2.44. The van der Waals surface area contributed by atoms with Gasteiger partial charge in [0.1, 0.15) is 12.3 Å². The third kappa shape index (κ3) is 3.95. The predicted molar refractivity (Wildman–Crippen MR) is 99.1 cm³/mol. The topological polar surface area (TPSA) is 81.4 Å². The monoisotopic (exact) mass is 442 g/mol. The summed E-state index contributed by atoms with van der Waals surface area (Å²) in [5, 5.41) is 4.78. The van der Waals surface area contributed by atoms with E-state index in [0.29, 0.717) is 10.0 Å². The van der Waals surface area contributed by atoms with Crippen molar-refractivity contribution in [2.45, 2.75) is 6.61 Å². The minimum Gasteiger partial charge on any atom is -0.483 e. The average Bonchev–Trinajstić information content (AvgIpc) is 2.59. The van der Waals surface area contributed by atoms with E-state index in [9.17, 15) is 17.2 Å². The van der Waals surface area contributed by atoms with Crippen molar-refractivity contribution in [1.82, 2.24) is 0 Å². The van der Waals surface area contributed by atoms with Gasteiger partial charge in [0.15, 0.2) is 17.4 Å². The molecule has 0 aliphatic heterocycles. The number of anilines is 1. The number of nitrogens with one attached hydrogen (secondary N) is 1. The highest BCUT2D eigenvalue weighted by atomic mass is 79.9. The molecule has 0 saturated carbocycles. The van der Waals surface area contributed by atoms with Crippen LogP contribution in [0.5, 0.6) is 5.75 Å². The normalized spacial score (nSPS) is 11.5. The zero-order chi connectivity index (χ0) is 18.9. The molecule has 5 nitrogen and oxygen atoms in total. The maximum absolute atomic E-state index is 14.9. The van der Waals surface area contributed by atoms with E-state index in [2.05, 4.69) is 15.9 Å². The van der Waals surface area contributed by atoms with Gasteiger partial charge in [0.25, 0.3) is 10.2 Å². The molecule has 0 unspecified atom stereocenters. The van der Waals surface area contributed by atoms with Crippen molar-refractivity contribution in [3.8, 4) is 5.75 Å². The van der Waals surface area contributed by atoms with Gasteiger partial charge in [0.2, 0.25) is 0 Å². The predicted octanol–water partition coefficient (Wildman–Crippen LogP) is 4.07. The van der Waals surface area contributed by atoms with Gasteiger partial charge < -0.3 is 4.74 Å². The maximum atomic E-state index is 14.9. The molecule has 0 amide bonds. The van der Waals surface area contributed by atoms with Crippen LogP contribution in [-0.2, 0) is 16.8 Å². The van der Waals surface area contributed by atoms with Gasteiger partial charge >= 0.3 is 0 Å². The molecule has 26 heavy (non-hydrogen) atoms. The standard InChI is InChI=1S/C17H13BrF2N2O3S/c18-11-6-7-12-13(8-11)14(19)16(22-26(21,23)24)17(15(12)20)25-9-10-4-2-1-3-5-10/h1-8,22H,9H2,(H2,21,23,24). The van der Waals surface area contributed by atoms with Crippen LogP contribution in [-0.4, -0.2) is 8.42 Å². The highest BCUT2D eigenvalue weighted by Gasteiger charge is 2.24. The Balaban J connectivity index is 2.16. The summed E-state index contributed by atoms with van der Waals surface area (Å²) >= 11 is 3.17. The Hall–Kier alpha value is -2.23. The van der Waals surface area contributed by atoms with Gasteiger partial charge in [0.05, 0.1) is 0 Å². The fourth-order valence-electron chi connectivity index (χ4n) is 2.45. The summed E-state index contributed by atoms with van der Waals surface area (Å²) in [6.45, 7) is -0.0848. The summed E-state index contributed by atoms with van der Waals surface area (Å²) in [6.07, 6.45) is 0. The maximum Gasteiger partial charge on any atom is 0.296 e. The lowest BCUT2D eigenvalue weighted by Gasteiger charge is -2.16. The molecule has 3 aromatic rings. The molecule has 0 saturated heterocycles. The van der Waals surface area contributed by atoms with Gasteiger partial charge in [-0.05, 0) is 17.7 Å². The molecule has 3 rings (SSSR count). The molecule has 0 atom stereocenters. The number of hydrogen-bond acceptors (Lipinski definition) is 3. The number of ether oxygens (including phenoxy) is 1. The first-order chi connectivity index (χ1) is 12.3. The van der Waals surface area contributed by atoms with E-state index >= 15 is 0 Å². The summed E-state index contributed by atoms with van der Waals surface area (Å²) in [6, 6.07) is 13.0. The molecule has 136 valence electrons. The van der Waals surface area contributed by atoms with E-state index in [0.717, 1.165) is 0 Å². The van der Waals surface area contributed by atoms with Crippen LogP contribution in [0.1, 0.15) is 5.56 Å². The zero-order valence-electron chi connectivity index (χ0n) is 13.2. The summed E-state index contributed by atoms with van der Waals surface area (Å²) < 4.78 is 60.4. The van der Waals surface area contributed by atoms with E-state index in [1.165, 1.54) is 12.1 Å². The molecular weight excluding hydrogens is 430 g/mol. The lowest BCUT2D eigenvalue weighted by atomic mass is 10.1. The third-order valence-corrected chi connectivity index (χ3v) is 4.55. The van der Waals surface area contributed by atoms with Gasteiger partial charge in [-0.15, -0.1) is 0 Å². The molecule has 0 bridgehead atoms. The Bertz CT molecular complexity index is 1080. The van der Waals surface area contributed by atoms with Gasteiger partial charge in [-0.3, -0.25) is 4.72 Å². The van der Waals surface area contributed by atoms with Crippen molar-refractivity contribution >= 4 is 42.6 Å². The van der Waals surface area contributed by atoms with Crippen LogP contribution < -0.4 is 14.6 Å². The van der Waals surface area contributed by atoms with E-state index in [-0.39, 0.29) is 17.4 Å². The minimum absolute atomic E-state index is 0.0475. The van der Waals surface area contributed by atoms with Crippen molar-refractivity contribution in [1.29, 1.82) is 0 Å². The molecule has 3 aromatic carbocycles. The van der Waals surface area contributed by atoms with Crippen LogP contribution in [0.3, 0.4) is 0 Å². The van der Waals surface area contributed by atoms with Crippen LogP contribution in [0.4, 0.5) is 14.5 Å². The van der Waals surface area contributed by atoms with Crippen molar-refractivity contribution in [2.24, 2.45) is 5.14 Å². The number of rotatable bonds is 5. The minimum atomic E-state index is -4.35. The van der Waals surface area contributed by atoms with Crippen molar-refractivity contribution in [3.05, 3.63) is 70.2 Å². The van der Waals surface area contributed by atoms with Gasteiger partial charge in [-0.2, -0.15) is 8.42 Å². The Labute approximate surface area is 157 Å². The first-order valence-electron chi connectivity index (χ1n) is 7.34. The highest BCUT2D eigenvalue weighted by Crippen LogP contribution is 2.39. The van der Waals surface area contributed by atoms with E-state index in [1.807, 2.05) is 0 Å². The lowest BCUT2D eigenvalue weighted by molar-refractivity contribution is 0.292. The average molecular weight is 443 g/mol. The van der Waals surface area contributed by atoms with Crippen molar-refractivity contribution in [3.63, 3.8) is 0 Å². The number of benzene rings is 3. The Morgan fingerprint density at radius 2 is 1.73 bits per heavy atom. The SMILES string of the molecule is NS(=O)(=O)Nc1c(OCc2ccccc2)c(F)c2ccc(Br)cc2c1F. The van der Waals surface area contributed by atoms with Crippen LogP contribution in [0.25, 0.3) is 10.8 Å². The lowest BCUT2D eigenvalue weighted by Crippen LogP contribution is -2.23. The smallest absolute Gasteiger partial charge is 0.296 e. The number of nitrogens with two attached hydrogens (primary N) is 1. The molecule has 3 N–H and O–H groups in total. The first-order valence-corrected chi connectivity index (χ1v) is 9.67. The Morgan fingerprint density at radius 1 is 1.04 bits per heavy atom. The largest absolute Gasteiger partial charge is 0.483 e. The fourth-order valence-corrected chi connectivity index (χ4v) is 3.28. The second-order valence-electron chi connectivity index (χ2n) is 5.44. The van der Waals surface area contributed by atoms with Crippen molar-refractivity contribution < 1.29 is 21.9 Å². The van der Waals surface area contributed by atoms with E-state index in [4.69, 9.17) is 9.88 Å². The zero-order valence-corrected chi connectivity index (χ0v) is 15.6. The second-order valence-corrected chi connectivity index (χ2v) is 7.65. The van der Waals surface area contributed by atoms with Crippen LogP contribution in [0.15, 0.2) is 53.0 Å². The van der Waals surface area contributed by atoms with Crippen LogP contribution in [0, 0.1) is 11.6 Å². The van der Waals surface area contributed by atoms with E-state index in [1.54, 1.807) is 41.1 Å². The Kier molecular flexibility index (Phi) is 5.12. The van der Waals surface area contributed by atoms with Gasteiger partial charge in [-0.25, -0.2) is 13.9 Å². The molecule has 0 aromatic heterocycles. The van der Waals surface area contributed by atoms with Gasteiger partial charge in [-0.1, -0.05) is 52.3 Å². The third-order valence-electron chi connectivity index (χ3n) is 3.57. The summed E-state index contributed by atoms with van der Waals surface area (Å²) in [5.41, 5.74) is 0.0243. The Morgan fingerprint density at radius 3 is 2.38 bits per heavy atom. The number of fused-ring (bicyclic) bond motifs is 1. The fraction of sp³-hybridized carbons (Fsp3) is 0.0588. The molecule has 0 heterocycles. The molecule has 0 aliphatic rings. The second kappa shape index (κ2) is 7.18. The van der Waals surface area contributed by atoms with Gasteiger partial charge in [0, 0.05) is 15.2 Å². The molecular formula is C17H13BrF2N2O3S. The molecule has 0 radical (unpaired) electrons. The molecule has 9 heteroatoms. The van der Waals surface area contributed by atoms with Crippen LogP contribution in [0.2, 0.25) is 0 Å². The molecule has 0 spiro atoms.